The van der Waals surface area contributed by atoms with Gasteiger partial charge >= 0.3 is 0 Å². The maximum absolute atomic E-state index is 12.4. The lowest BCUT2D eigenvalue weighted by Gasteiger charge is -2.18. The van der Waals surface area contributed by atoms with E-state index in [4.69, 9.17) is 10.5 Å². The van der Waals surface area contributed by atoms with E-state index in [0.717, 1.165) is 16.9 Å². The van der Waals surface area contributed by atoms with Crippen LogP contribution in [0.1, 0.15) is 34.5 Å². The molecule has 1 atom stereocenters. The Kier molecular flexibility index (Phi) is 4.48. The minimum Gasteiger partial charge on any atom is -0.496 e. The van der Waals surface area contributed by atoms with Gasteiger partial charge in [0.05, 0.1) is 13.2 Å². The third-order valence-corrected chi connectivity index (χ3v) is 3.57. The fourth-order valence-electron chi connectivity index (χ4n) is 2.28. The van der Waals surface area contributed by atoms with Gasteiger partial charge in [0.15, 0.2) is 0 Å². The van der Waals surface area contributed by atoms with E-state index in [1.165, 1.54) is 0 Å². The average Bonchev–Trinajstić information content (AvgIpc) is 2.49. The van der Waals surface area contributed by atoms with Crippen molar-refractivity contribution >= 4 is 11.6 Å². The van der Waals surface area contributed by atoms with E-state index >= 15 is 0 Å². The number of nitrogen functional groups attached to an aromatic ring is 1. The lowest BCUT2D eigenvalue weighted by Crippen LogP contribution is -2.27. The minimum atomic E-state index is -0.158. The summed E-state index contributed by atoms with van der Waals surface area (Å²) in [6.45, 7) is 3.77. The number of para-hydroxylation sites is 1. The molecular formula is C17H20N2O2. The van der Waals surface area contributed by atoms with Crippen LogP contribution in [0.25, 0.3) is 0 Å². The molecule has 0 aliphatic carbocycles. The summed E-state index contributed by atoms with van der Waals surface area (Å²) in [6.07, 6.45) is 0. The van der Waals surface area contributed by atoms with Gasteiger partial charge in [-0.2, -0.15) is 0 Å². The molecule has 0 heterocycles. The predicted octanol–water partition coefficient (Wildman–Crippen LogP) is 3.08. The highest BCUT2D eigenvalue weighted by Crippen LogP contribution is 2.25. The maximum Gasteiger partial charge on any atom is 0.252 e. The first-order chi connectivity index (χ1) is 10.0. The topological polar surface area (TPSA) is 64.3 Å². The Bertz CT molecular complexity index is 653. The van der Waals surface area contributed by atoms with Crippen LogP contribution < -0.4 is 15.8 Å². The molecule has 0 unspecified atom stereocenters. The number of methoxy groups -OCH3 is 1. The molecule has 1 amide bonds. The Morgan fingerprint density at radius 2 is 1.90 bits per heavy atom. The SMILES string of the molecule is COc1ccccc1[C@H](C)NC(=O)c1cccc(N)c1C. The van der Waals surface area contributed by atoms with Gasteiger partial charge in [0.25, 0.3) is 5.91 Å². The van der Waals surface area contributed by atoms with E-state index in [1.807, 2.05) is 38.1 Å². The molecule has 0 radical (unpaired) electrons. The third kappa shape index (κ3) is 3.16. The molecule has 110 valence electrons. The number of anilines is 1. The zero-order valence-corrected chi connectivity index (χ0v) is 12.5. The largest absolute Gasteiger partial charge is 0.496 e. The second-order valence-corrected chi connectivity index (χ2v) is 4.96. The number of nitrogens with one attached hydrogen (secondary N) is 1. The Labute approximate surface area is 124 Å². The van der Waals surface area contributed by atoms with Gasteiger partial charge in [0, 0.05) is 16.8 Å². The number of benzene rings is 2. The number of rotatable bonds is 4. The first-order valence-corrected chi connectivity index (χ1v) is 6.83. The molecule has 0 bridgehead atoms. The van der Waals surface area contributed by atoms with E-state index in [2.05, 4.69) is 5.32 Å². The van der Waals surface area contributed by atoms with Crippen molar-refractivity contribution in [3.8, 4) is 5.75 Å². The average molecular weight is 284 g/mol. The summed E-state index contributed by atoms with van der Waals surface area (Å²) < 4.78 is 5.33. The number of nitrogens with two attached hydrogens (primary N) is 1. The number of amides is 1. The second kappa shape index (κ2) is 6.31. The van der Waals surface area contributed by atoms with E-state index in [-0.39, 0.29) is 11.9 Å². The first kappa shape index (κ1) is 14.9. The molecule has 4 heteroatoms. The summed E-state index contributed by atoms with van der Waals surface area (Å²) in [5, 5.41) is 2.98. The van der Waals surface area contributed by atoms with Crippen molar-refractivity contribution in [3.05, 3.63) is 59.2 Å². The number of ether oxygens (including phenoxy) is 1. The van der Waals surface area contributed by atoms with Gasteiger partial charge < -0.3 is 15.8 Å². The molecule has 0 saturated carbocycles. The summed E-state index contributed by atoms with van der Waals surface area (Å²) in [5.41, 5.74) is 8.79. The van der Waals surface area contributed by atoms with Crippen molar-refractivity contribution in [1.29, 1.82) is 0 Å². The molecule has 0 aromatic heterocycles. The van der Waals surface area contributed by atoms with Crippen LogP contribution in [-0.4, -0.2) is 13.0 Å². The van der Waals surface area contributed by atoms with Crippen LogP contribution in [0.4, 0.5) is 5.69 Å². The minimum absolute atomic E-state index is 0.141. The summed E-state index contributed by atoms with van der Waals surface area (Å²) in [5.74, 6) is 0.618. The van der Waals surface area contributed by atoms with Gasteiger partial charge in [-0.3, -0.25) is 4.79 Å². The number of hydrogen-bond donors (Lipinski definition) is 2. The van der Waals surface area contributed by atoms with Crippen LogP contribution in [0.15, 0.2) is 42.5 Å². The monoisotopic (exact) mass is 284 g/mol. The van der Waals surface area contributed by atoms with E-state index in [0.29, 0.717) is 11.3 Å². The second-order valence-electron chi connectivity index (χ2n) is 4.96. The normalized spacial score (nSPS) is 11.8. The highest BCUT2D eigenvalue weighted by Gasteiger charge is 2.16. The zero-order valence-electron chi connectivity index (χ0n) is 12.5. The third-order valence-electron chi connectivity index (χ3n) is 3.57. The lowest BCUT2D eigenvalue weighted by atomic mass is 10.0. The fourth-order valence-corrected chi connectivity index (χ4v) is 2.28. The van der Waals surface area contributed by atoms with Crippen LogP contribution in [-0.2, 0) is 0 Å². The van der Waals surface area contributed by atoms with E-state index < -0.39 is 0 Å². The predicted molar refractivity (Wildman–Crippen MR) is 84.5 cm³/mol. The molecule has 0 fully saturated rings. The molecule has 4 nitrogen and oxygen atoms in total. The number of carbonyl (C=O) groups excluding carboxylic acids is 1. The Balaban J connectivity index is 2.21. The molecule has 0 aliphatic heterocycles. The Morgan fingerprint density at radius 1 is 1.19 bits per heavy atom. The summed E-state index contributed by atoms with van der Waals surface area (Å²) in [4.78, 5) is 12.4. The van der Waals surface area contributed by atoms with Gasteiger partial charge in [-0.15, -0.1) is 0 Å². The summed E-state index contributed by atoms with van der Waals surface area (Å²) in [7, 11) is 1.62. The van der Waals surface area contributed by atoms with Gasteiger partial charge in [-0.05, 0) is 37.6 Å². The standard InChI is InChI=1S/C17H20N2O2/c1-11-13(8-6-9-15(11)18)17(20)19-12(2)14-7-4-5-10-16(14)21-3/h4-10,12H,18H2,1-3H3,(H,19,20)/t12-/m0/s1. The maximum atomic E-state index is 12.4. The van der Waals surface area contributed by atoms with Crippen molar-refractivity contribution in [2.45, 2.75) is 19.9 Å². The molecule has 2 aromatic rings. The van der Waals surface area contributed by atoms with Crippen LogP contribution in [0.5, 0.6) is 5.75 Å². The Hall–Kier alpha value is -2.49. The molecule has 2 rings (SSSR count). The van der Waals surface area contributed by atoms with Gasteiger partial charge in [0.2, 0.25) is 0 Å². The van der Waals surface area contributed by atoms with E-state index in [9.17, 15) is 4.79 Å². The molecule has 0 aliphatic rings. The molecule has 21 heavy (non-hydrogen) atoms. The Morgan fingerprint density at radius 3 is 2.62 bits per heavy atom. The first-order valence-electron chi connectivity index (χ1n) is 6.83. The van der Waals surface area contributed by atoms with Crippen LogP contribution in [0, 0.1) is 6.92 Å². The zero-order chi connectivity index (χ0) is 15.4. The lowest BCUT2D eigenvalue weighted by molar-refractivity contribution is 0.0939. The molecule has 2 aromatic carbocycles. The number of hydrogen-bond acceptors (Lipinski definition) is 3. The van der Waals surface area contributed by atoms with E-state index in [1.54, 1.807) is 25.3 Å². The van der Waals surface area contributed by atoms with Crippen LogP contribution in [0.2, 0.25) is 0 Å². The van der Waals surface area contributed by atoms with Crippen molar-refractivity contribution in [2.75, 3.05) is 12.8 Å². The summed E-state index contributed by atoms with van der Waals surface area (Å²) >= 11 is 0. The smallest absolute Gasteiger partial charge is 0.252 e. The highest BCUT2D eigenvalue weighted by molar-refractivity contribution is 5.97. The molecule has 3 N–H and O–H groups in total. The van der Waals surface area contributed by atoms with Crippen molar-refractivity contribution in [3.63, 3.8) is 0 Å². The van der Waals surface area contributed by atoms with Gasteiger partial charge in [-0.1, -0.05) is 24.3 Å². The van der Waals surface area contributed by atoms with Crippen molar-refractivity contribution in [2.24, 2.45) is 0 Å². The van der Waals surface area contributed by atoms with Crippen LogP contribution in [0.3, 0.4) is 0 Å². The highest BCUT2D eigenvalue weighted by atomic mass is 16.5. The van der Waals surface area contributed by atoms with Crippen molar-refractivity contribution < 1.29 is 9.53 Å². The van der Waals surface area contributed by atoms with Crippen LogP contribution >= 0.6 is 0 Å². The summed E-state index contributed by atoms with van der Waals surface area (Å²) in [6, 6.07) is 12.8. The number of carbonyl (C=O) groups is 1. The van der Waals surface area contributed by atoms with Crippen molar-refractivity contribution in [1.82, 2.24) is 5.32 Å². The quantitative estimate of drug-likeness (QED) is 0.848. The molecule has 0 saturated heterocycles. The molecular weight excluding hydrogens is 264 g/mol. The fraction of sp³-hybridized carbons (Fsp3) is 0.235. The van der Waals surface area contributed by atoms with Gasteiger partial charge in [-0.25, -0.2) is 0 Å². The molecule has 0 spiro atoms. The van der Waals surface area contributed by atoms with Gasteiger partial charge in [0.1, 0.15) is 5.75 Å².